The Balaban J connectivity index is 1.46. The highest BCUT2D eigenvalue weighted by Gasteiger charge is 2.38. The van der Waals surface area contributed by atoms with Crippen molar-refractivity contribution in [3.05, 3.63) is 65.2 Å². The third-order valence-electron chi connectivity index (χ3n) is 6.41. The summed E-state index contributed by atoms with van der Waals surface area (Å²) in [4.78, 5) is 31.7. The average molecular weight is 466 g/mol. The first kappa shape index (κ1) is 24.1. The number of carbonyl (C=O) groups excluding carboxylic acids is 2. The average Bonchev–Trinajstić information content (AvgIpc) is 2.82. The van der Waals surface area contributed by atoms with Crippen LogP contribution in [0.3, 0.4) is 0 Å². The number of piperazine rings is 1. The van der Waals surface area contributed by atoms with Crippen LogP contribution < -0.4 is 4.90 Å². The summed E-state index contributed by atoms with van der Waals surface area (Å²) in [6, 6.07) is 16.3. The first-order chi connectivity index (χ1) is 16.2. The molecule has 182 valence electrons. The number of ether oxygens (including phenoxy) is 2. The van der Waals surface area contributed by atoms with Crippen LogP contribution in [0.15, 0.2) is 48.5 Å². The molecular formula is C27H35N3O4. The van der Waals surface area contributed by atoms with Crippen LogP contribution in [0.5, 0.6) is 0 Å². The summed E-state index contributed by atoms with van der Waals surface area (Å²) in [7, 11) is 1.35. The minimum Gasteiger partial charge on any atom is -0.467 e. The van der Waals surface area contributed by atoms with Crippen LogP contribution in [-0.2, 0) is 33.8 Å². The Morgan fingerprint density at radius 1 is 0.971 bits per heavy atom. The number of rotatable bonds is 4. The van der Waals surface area contributed by atoms with Crippen molar-refractivity contribution in [2.45, 2.75) is 51.9 Å². The van der Waals surface area contributed by atoms with E-state index in [1.165, 1.54) is 17.6 Å². The molecule has 0 radical (unpaired) electrons. The summed E-state index contributed by atoms with van der Waals surface area (Å²) < 4.78 is 10.6. The summed E-state index contributed by atoms with van der Waals surface area (Å²) in [6.07, 6.45) is -0.0691. The Labute approximate surface area is 202 Å². The van der Waals surface area contributed by atoms with Crippen LogP contribution >= 0.6 is 0 Å². The zero-order valence-corrected chi connectivity index (χ0v) is 20.6. The van der Waals surface area contributed by atoms with E-state index in [1.807, 2.05) is 20.8 Å². The van der Waals surface area contributed by atoms with Gasteiger partial charge in [0.15, 0.2) is 0 Å². The maximum absolute atomic E-state index is 12.9. The van der Waals surface area contributed by atoms with Gasteiger partial charge in [-0.1, -0.05) is 36.4 Å². The van der Waals surface area contributed by atoms with Gasteiger partial charge in [0.1, 0.15) is 11.6 Å². The van der Waals surface area contributed by atoms with E-state index >= 15 is 0 Å². The molecule has 34 heavy (non-hydrogen) atoms. The monoisotopic (exact) mass is 465 g/mol. The quantitative estimate of drug-likeness (QED) is 0.640. The van der Waals surface area contributed by atoms with Gasteiger partial charge < -0.3 is 14.4 Å². The molecule has 2 aromatic carbocycles. The first-order valence-electron chi connectivity index (χ1n) is 11.9. The molecule has 7 nitrogen and oxygen atoms in total. The van der Waals surface area contributed by atoms with E-state index in [-0.39, 0.29) is 0 Å². The van der Waals surface area contributed by atoms with Gasteiger partial charge in [-0.15, -0.1) is 0 Å². The molecule has 1 saturated heterocycles. The van der Waals surface area contributed by atoms with E-state index in [0.29, 0.717) is 13.0 Å². The topological polar surface area (TPSA) is 62.3 Å². The first-order valence-corrected chi connectivity index (χ1v) is 11.9. The second kappa shape index (κ2) is 10.1. The van der Waals surface area contributed by atoms with Gasteiger partial charge in [0.05, 0.1) is 13.7 Å². The molecule has 1 amide bonds. The summed E-state index contributed by atoms with van der Waals surface area (Å²) in [5.74, 6) is -0.421. The molecule has 0 unspecified atom stereocenters. The summed E-state index contributed by atoms with van der Waals surface area (Å²) in [5.41, 5.74) is 3.97. The van der Waals surface area contributed by atoms with Gasteiger partial charge in [0, 0.05) is 44.8 Å². The lowest BCUT2D eigenvalue weighted by Crippen LogP contribution is -2.50. The molecule has 0 aliphatic carbocycles. The summed E-state index contributed by atoms with van der Waals surface area (Å²) in [5, 5.41) is 0. The molecule has 0 aromatic heterocycles. The fourth-order valence-electron chi connectivity index (χ4n) is 4.63. The van der Waals surface area contributed by atoms with Crippen molar-refractivity contribution in [3.63, 3.8) is 0 Å². The van der Waals surface area contributed by atoms with E-state index in [0.717, 1.165) is 49.5 Å². The van der Waals surface area contributed by atoms with Crippen molar-refractivity contribution in [1.29, 1.82) is 0 Å². The number of carbonyl (C=O) groups is 2. The molecule has 1 fully saturated rings. The summed E-state index contributed by atoms with van der Waals surface area (Å²) in [6.45, 7) is 10.7. The number of benzene rings is 2. The Kier molecular flexibility index (Phi) is 7.12. The molecular weight excluding hydrogens is 430 g/mol. The molecule has 2 aliphatic rings. The molecule has 2 aromatic rings. The van der Waals surface area contributed by atoms with Crippen LogP contribution in [0.25, 0.3) is 0 Å². The minimum absolute atomic E-state index is 0.325. The van der Waals surface area contributed by atoms with Crippen LogP contribution in [0, 0.1) is 0 Å². The molecule has 4 rings (SSSR count). The normalized spacial score (nSPS) is 18.9. The molecule has 0 N–H and O–H groups in total. The molecule has 1 atom stereocenters. The molecule has 2 aliphatic heterocycles. The third kappa shape index (κ3) is 5.70. The lowest BCUT2D eigenvalue weighted by molar-refractivity contribution is -0.147. The maximum atomic E-state index is 12.9. The van der Waals surface area contributed by atoms with Crippen LogP contribution in [0.2, 0.25) is 0 Å². The van der Waals surface area contributed by atoms with Crippen LogP contribution in [0.4, 0.5) is 10.5 Å². The number of anilines is 1. The van der Waals surface area contributed by atoms with Gasteiger partial charge in [0.2, 0.25) is 0 Å². The predicted molar refractivity (Wildman–Crippen MR) is 132 cm³/mol. The fraction of sp³-hybridized carbons (Fsp3) is 0.481. The van der Waals surface area contributed by atoms with E-state index in [1.54, 1.807) is 0 Å². The maximum Gasteiger partial charge on any atom is 0.411 e. The number of methoxy groups -OCH3 is 1. The fourth-order valence-corrected chi connectivity index (χ4v) is 4.63. The number of hydrogen-bond acceptors (Lipinski definition) is 6. The summed E-state index contributed by atoms with van der Waals surface area (Å²) >= 11 is 0. The van der Waals surface area contributed by atoms with Gasteiger partial charge in [0.25, 0.3) is 0 Å². The highest BCUT2D eigenvalue weighted by Crippen LogP contribution is 2.30. The number of esters is 1. The lowest BCUT2D eigenvalue weighted by Gasteiger charge is -2.38. The van der Waals surface area contributed by atoms with E-state index in [9.17, 15) is 9.59 Å². The van der Waals surface area contributed by atoms with Crippen molar-refractivity contribution in [3.8, 4) is 0 Å². The lowest BCUT2D eigenvalue weighted by atomic mass is 9.93. The Morgan fingerprint density at radius 3 is 2.32 bits per heavy atom. The second-order valence-electron chi connectivity index (χ2n) is 10.1. The highest BCUT2D eigenvalue weighted by molar-refractivity contribution is 5.82. The number of fused-ring (bicyclic) bond motifs is 1. The molecule has 0 spiro atoms. The van der Waals surface area contributed by atoms with Gasteiger partial charge in [-0.05, 0) is 49.6 Å². The Hall–Kier alpha value is -3.06. The van der Waals surface area contributed by atoms with Crippen molar-refractivity contribution in [2.75, 3.05) is 38.2 Å². The highest BCUT2D eigenvalue weighted by atomic mass is 16.6. The van der Waals surface area contributed by atoms with Gasteiger partial charge in [-0.2, -0.15) is 0 Å². The van der Waals surface area contributed by atoms with E-state index in [4.69, 9.17) is 9.47 Å². The number of nitrogens with zero attached hydrogens (tertiary/aromatic N) is 3. The van der Waals surface area contributed by atoms with Crippen molar-refractivity contribution in [2.24, 2.45) is 0 Å². The number of amides is 1. The van der Waals surface area contributed by atoms with Crippen molar-refractivity contribution >= 4 is 17.7 Å². The SMILES string of the molecule is COC(=O)[C@@H]1Cc2ccc(N3CCN(Cc4ccccc4)CC3)cc2CN1C(=O)OC(C)(C)C. The Bertz CT molecular complexity index is 1010. The largest absolute Gasteiger partial charge is 0.467 e. The minimum atomic E-state index is -0.681. The van der Waals surface area contributed by atoms with Gasteiger partial charge in [-0.25, -0.2) is 9.59 Å². The smallest absolute Gasteiger partial charge is 0.411 e. The third-order valence-corrected chi connectivity index (χ3v) is 6.41. The van der Waals surface area contributed by atoms with Gasteiger partial charge >= 0.3 is 12.1 Å². The second-order valence-corrected chi connectivity index (χ2v) is 10.1. The Morgan fingerprint density at radius 2 is 1.68 bits per heavy atom. The molecule has 7 heteroatoms. The molecule has 2 heterocycles. The number of hydrogen-bond donors (Lipinski definition) is 0. The van der Waals surface area contributed by atoms with Crippen LogP contribution in [-0.4, -0.2) is 66.8 Å². The van der Waals surface area contributed by atoms with Crippen molar-refractivity contribution in [1.82, 2.24) is 9.80 Å². The predicted octanol–water partition coefficient (Wildman–Crippen LogP) is 3.84. The van der Waals surface area contributed by atoms with Crippen LogP contribution in [0.1, 0.15) is 37.5 Å². The van der Waals surface area contributed by atoms with Gasteiger partial charge in [-0.3, -0.25) is 9.80 Å². The van der Waals surface area contributed by atoms with E-state index < -0.39 is 23.7 Å². The van der Waals surface area contributed by atoms with Crippen molar-refractivity contribution < 1.29 is 19.1 Å². The molecule has 0 bridgehead atoms. The van der Waals surface area contributed by atoms with E-state index in [2.05, 4.69) is 58.3 Å². The molecule has 0 saturated carbocycles. The zero-order chi connectivity index (χ0) is 24.3. The zero-order valence-electron chi connectivity index (χ0n) is 20.6. The standard InChI is InChI=1S/C27H35N3O4/c1-27(2,3)34-26(32)30-19-22-16-23(11-10-21(22)17-24(30)25(31)33-4)29-14-12-28(13-15-29)18-20-8-6-5-7-9-20/h5-11,16,24H,12-15,17-19H2,1-4H3/t24-/m0/s1.